The highest BCUT2D eigenvalue weighted by molar-refractivity contribution is 6.03. The Kier molecular flexibility index (Phi) is 3.48. The minimum atomic E-state index is -0.957. The van der Waals surface area contributed by atoms with E-state index in [1.54, 1.807) is 26.4 Å². The van der Waals surface area contributed by atoms with E-state index >= 15 is 0 Å². The van der Waals surface area contributed by atoms with Crippen LogP contribution in [-0.4, -0.2) is 24.3 Å². The highest BCUT2D eigenvalue weighted by Crippen LogP contribution is 2.51. The third-order valence-corrected chi connectivity index (χ3v) is 4.22. The summed E-state index contributed by atoms with van der Waals surface area (Å²) >= 11 is 0. The molecule has 1 unspecified atom stereocenters. The summed E-state index contributed by atoms with van der Waals surface area (Å²) in [7, 11) is 1.72. The molecule has 1 aliphatic carbocycles. The van der Waals surface area contributed by atoms with Crippen molar-refractivity contribution >= 4 is 23.2 Å². The van der Waals surface area contributed by atoms with Gasteiger partial charge in [-0.1, -0.05) is 6.07 Å². The molecule has 0 aliphatic heterocycles. The van der Waals surface area contributed by atoms with Gasteiger partial charge in [-0.25, -0.2) is 4.79 Å². The van der Waals surface area contributed by atoms with Crippen molar-refractivity contribution in [1.29, 1.82) is 0 Å². The number of rotatable bonds is 4. The smallest absolute Gasteiger partial charge is 0.339 e. The summed E-state index contributed by atoms with van der Waals surface area (Å²) in [5, 5.41) is 10.0. The first-order valence-corrected chi connectivity index (χ1v) is 7.17. The van der Waals surface area contributed by atoms with E-state index in [0.717, 1.165) is 17.6 Å². The van der Waals surface area contributed by atoms with Gasteiger partial charge in [0.1, 0.15) is 16.9 Å². The second-order valence-electron chi connectivity index (χ2n) is 5.60. The molecular formula is C17H18N2O3. The predicted molar refractivity (Wildman–Crippen MR) is 85.4 cm³/mol. The van der Waals surface area contributed by atoms with Crippen LogP contribution in [0.5, 0.6) is 0 Å². The van der Waals surface area contributed by atoms with Crippen molar-refractivity contribution < 1.29 is 14.3 Å². The van der Waals surface area contributed by atoms with Crippen LogP contribution in [0.2, 0.25) is 0 Å². The molecule has 5 heteroatoms. The highest BCUT2D eigenvalue weighted by Gasteiger charge is 2.40. The fourth-order valence-corrected chi connectivity index (χ4v) is 3.08. The van der Waals surface area contributed by atoms with Crippen LogP contribution in [0.25, 0.3) is 11.0 Å². The Bertz CT molecular complexity index is 802. The number of carbonyl (C=O) groups is 1. The maximum absolute atomic E-state index is 11.4. The van der Waals surface area contributed by atoms with Gasteiger partial charge in [0.2, 0.25) is 0 Å². The Morgan fingerprint density at radius 1 is 1.50 bits per heavy atom. The first-order valence-electron chi connectivity index (χ1n) is 7.17. The number of aryl methyl sites for hydroxylation is 1. The minimum absolute atomic E-state index is 0.249. The summed E-state index contributed by atoms with van der Waals surface area (Å²) < 4.78 is 5.52. The number of hydrogen-bond donors (Lipinski definition) is 2. The van der Waals surface area contributed by atoms with E-state index in [2.05, 4.69) is 4.99 Å². The largest absolute Gasteiger partial charge is 0.478 e. The van der Waals surface area contributed by atoms with Crippen LogP contribution in [0.3, 0.4) is 0 Å². The van der Waals surface area contributed by atoms with Crippen molar-refractivity contribution in [3.8, 4) is 0 Å². The summed E-state index contributed by atoms with van der Waals surface area (Å²) in [6.07, 6.45) is 4.38. The highest BCUT2D eigenvalue weighted by atomic mass is 16.4. The van der Waals surface area contributed by atoms with E-state index in [4.69, 9.17) is 10.2 Å². The fraction of sp³-hybridized carbons (Fsp3) is 0.294. The number of nitrogens with two attached hydrogens (primary N) is 1. The van der Waals surface area contributed by atoms with Crippen LogP contribution in [0, 0.1) is 12.8 Å². The van der Waals surface area contributed by atoms with Gasteiger partial charge in [-0.05, 0) is 54.6 Å². The van der Waals surface area contributed by atoms with E-state index in [-0.39, 0.29) is 5.56 Å². The van der Waals surface area contributed by atoms with E-state index in [9.17, 15) is 9.90 Å². The zero-order valence-corrected chi connectivity index (χ0v) is 12.5. The molecule has 0 saturated heterocycles. The number of benzene rings is 1. The standard InChI is InChI=1S/C17H18N2O3/c1-9-16(17(20)21)14-5-10(3-4-15(14)22-9)12-6-13(12)11(7-18)8-19-2/h3-5,7-8,12-13H,6,18H2,1-2H3,(H,20,21)/b11-7+,19-8?/t12-,13?/m0/s1. The molecule has 0 bridgehead atoms. The molecule has 1 heterocycles. The van der Waals surface area contributed by atoms with Crippen molar-refractivity contribution in [1.82, 2.24) is 0 Å². The van der Waals surface area contributed by atoms with Gasteiger partial charge in [-0.3, -0.25) is 4.99 Å². The average Bonchev–Trinajstić information content (AvgIpc) is 3.19. The Morgan fingerprint density at radius 2 is 2.27 bits per heavy atom. The molecule has 22 heavy (non-hydrogen) atoms. The summed E-state index contributed by atoms with van der Waals surface area (Å²) in [4.78, 5) is 15.4. The number of carboxylic acid groups (broad SMARTS) is 1. The molecule has 0 spiro atoms. The van der Waals surface area contributed by atoms with Gasteiger partial charge in [0.25, 0.3) is 0 Å². The number of fused-ring (bicyclic) bond motifs is 1. The first-order chi connectivity index (χ1) is 10.6. The van der Waals surface area contributed by atoms with Crippen molar-refractivity contribution in [3.63, 3.8) is 0 Å². The molecule has 2 aromatic rings. The van der Waals surface area contributed by atoms with Gasteiger partial charge in [0, 0.05) is 18.6 Å². The fourth-order valence-electron chi connectivity index (χ4n) is 3.08. The van der Waals surface area contributed by atoms with Gasteiger partial charge < -0.3 is 15.3 Å². The number of hydrogen-bond acceptors (Lipinski definition) is 4. The molecule has 1 aromatic heterocycles. The van der Waals surface area contributed by atoms with Crippen molar-refractivity contribution in [2.75, 3.05) is 7.05 Å². The van der Waals surface area contributed by atoms with Gasteiger partial charge in [0.05, 0.1) is 0 Å². The number of furan rings is 1. The molecule has 0 radical (unpaired) electrons. The molecule has 3 rings (SSSR count). The van der Waals surface area contributed by atoms with Crippen LogP contribution in [0.4, 0.5) is 0 Å². The molecule has 114 valence electrons. The van der Waals surface area contributed by atoms with Crippen LogP contribution in [-0.2, 0) is 0 Å². The minimum Gasteiger partial charge on any atom is -0.478 e. The zero-order valence-electron chi connectivity index (χ0n) is 12.5. The lowest BCUT2D eigenvalue weighted by Gasteiger charge is -2.02. The first kappa shape index (κ1) is 14.4. The average molecular weight is 298 g/mol. The second-order valence-corrected chi connectivity index (χ2v) is 5.60. The molecule has 1 fully saturated rings. The molecule has 1 saturated carbocycles. The van der Waals surface area contributed by atoms with Gasteiger partial charge >= 0.3 is 5.97 Å². The zero-order chi connectivity index (χ0) is 15.9. The number of aliphatic imine (C=N–C) groups is 1. The van der Waals surface area contributed by atoms with Crippen molar-refractivity contribution in [2.24, 2.45) is 16.6 Å². The van der Waals surface area contributed by atoms with E-state index in [0.29, 0.717) is 28.6 Å². The Balaban J connectivity index is 1.97. The lowest BCUT2D eigenvalue weighted by atomic mass is 10.0. The molecular weight excluding hydrogens is 280 g/mol. The van der Waals surface area contributed by atoms with Crippen molar-refractivity contribution in [2.45, 2.75) is 19.3 Å². The lowest BCUT2D eigenvalue weighted by Crippen LogP contribution is -1.97. The third-order valence-electron chi connectivity index (χ3n) is 4.22. The lowest BCUT2D eigenvalue weighted by molar-refractivity contribution is 0.0697. The molecule has 1 aromatic carbocycles. The SMILES string of the molecule is CN=C/C(=C\N)C1C[C@H]1c1ccc2oc(C)c(C(=O)O)c2c1. The Labute approximate surface area is 128 Å². The van der Waals surface area contributed by atoms with Crippen LogP contribution in [0.1, 0.15) is 34.0 Å². The predicted octanol–water partition coefficient (Wildman–Crippen LogP) is 3.09. The number of nitrogens with zero attached hydrogens (tertiary/aromatic N) is 1. The molecule has 3 N–H and O–H groups in total. The van der Waals surface area contributed by atoms with Crippen LogP contribution >= 0.6 is 0 Å². The van der Waals surface area contributed by atoms with Gasteiger partial charge in [0.15, 0.2) is 0 Å². The van der Waals surface area contributed by atoms with E-state index < -0.39 is 5.97 Å². The van der Waals surface area contributed by atoms with Gasteiger partial charge in [-0.2, -0.15) is 0 Å². The number of aromatic carboxylic acids is 1. The van der Waals surface area contributed by atoms with Crippen LogP contribution < -0.4 is 5.73 Å². The van der Waals surface area contributed by atoms with E-state index in [1.807, 2.05) is 18.2 Å². The Morgan fingerprint density at radius 3 is 2.91 bits per heavy atom. The van der Waals surface area contributed by atoms with Crippen LogP contribution in [0.15, 0.2) is 39.4 Å². The summed E-state index contributed by atoms with van der Waals surface area (Å²) in [5.74, 6) is 0.190. The van der Waals surface area contributed by atoms with Gasteiger partial charge in [-0.15, -0.1) is 0 Å². The maximum Gasteiger partial charge on any atom is 0.339 e. The summed E-state index contributed by atoms with van der Waals surface area (Å²) in [5.41, 5.74) is 8.65. The second kappa shape index (κ2) is 5.33. The topological polar surface area (TPSA) is 88.8 Å². The summed E-state index contributed by atoms with van der Waals surface area (Å²) in [6, 6.07) is 5.77. The normalized spacial score (nSPS) is 21.6. The third kappa shape index (κ3) is 2.28. The quantitative estimate of drug-likeness (QED) is 0.849. The van der Waals surface area contributed by atoms with E-state index in [1.165, 1.54) is 0 Å². The maximum atomic E-state index is 11.4. The number of allylic oxidation sites excluding steroid dienone is 1. The number of carboxylic acids is 1. The summed E-state index contributed by atoms with van der Waals surface area (Å²) in [6.45, 7) is 1.68. The molecule has 1 aliphatic rings. The monoisotopic (exact) mass is 298 g/mol. The molecule has 0 amide bonds. The molecule has 2 atom stereocenters. The molecule has 5 nitrogen and oxygen atoms in total. The van der Waals surface area contributed by atoms with Crippen molar-refractivity contribution in [3.05, 3.63) is 46.9 Å². The Hall–Kier alpha value is -2.56.